The van der Waals surface area contributed by atoms with Gasteiger partial charge in [-0.25, -0.2) is 12.7 Å². The molecule has 32 heavy (non-hydrogen) atoms. The van der Waals surface area contributed by atoms with E-state index in [1.807, 2.05) is 6.07 Å². The summed E-state index contributed by atoms with van der Waals surface area (Å²) in [7, 11) is 3.05. The van der Waals surface area contributed by atoms with Gasteiger partial charge in [0.1, 0.15) is 6.54 Å². The molecule has 0 saturated carbocycles. The van der Waals surface area contributed by atoms with Gasteiger partial charge in [0.2, 0.25) is 10.0 Å². The van der Waals surface area contributed by atoms with Crippen molar-refractivity contribution in [2.24, 2.45) is 0 Å². The van der Waals surface area contributed by atoms with E-state index in [0.717, 1.165) is 36.8 Å². The minimum absolute atomic E-state index is 0.295. The summed E-state index contributed by atoms with van der Waals surface area (Å²) in [4.78, 5) is 0. The van der Waals surface area contributed by atoms with Crippen molar-refractivity contribution >= 4 is 10.0 Å². The molecule has 0 spiro atoms. The normalized spacial score (nSPS) is 12.5. The fraction of sp³-hybridized carbons (Fsp3) is 0.778. The lowest BCUT2D eigenvalue weighted by Crippen LogP contribution is -2.41. The zero-order valence-electron chi connectivity index (χ0n) is 21.5. The van der Waals surface area contributed by atoms with Crippen molar-refractivity contribution in [3.05, 3.63) is 35.9 Å². The van der Waals surface area contributed by atoms with Gasteiger partial charge in [0, 0.05) is 25.6 Å². The summed E-state index contributed by atoms with van der Waals surface area (Å²) in [5.41, 5.74) is 1.32. The Morgan fingerprint density at radius 2 is 1.25 bits per heavy atom. The third-order valence-corrected chi connectivity index (χ3v) is 8.36. The second kappa shape index (κ2) is 16.7. The van der Waals surface area contributed by atoms with Crippen molar-refractivity contribution in [1.82, 2.24) is 4.31 Å². The summed E-state index contributed by atoms with van der Waals surface area (Å²) in [6.07, 6.45) is 16.0. The van der Waals surface area contributed by atoms with Crippen LogP contribution in [0.1, 0.15) is 96.0 Å². The van der Waals surface area contributed by atoms with Crippen molar-refractivity contribution in [2.75, 3.05) is 40.0 Å². The van der Waals surface area contributed by atoms with Crippen LogP contribution in [-0.4, -0.2) is 57.2 Å². The van der Waals surface area contributed by atoms with Gasteiger partial charge in [-0.2, -0.15) is 0 Å². The van der Waals surface area contributed by atoms with Crippen LogP contribution in [0.4, 0.5) is 0 Å². The molecule has 0 unspecified atom stereocenters. The molecule has 186 valence electrons. The molecule has 0 aliphatic heterocycles. The van der Waals surface area contributed by atoms with Crippen LogP contribution in [0, 0.1) is 0 Å². The first-order valence-electron chi connectivity index (χ1n) is 13.1. The highest BCUT2D eigenvalue weighted by Crippen LogP contribution is 2.14. The highest BCUT2D eigenvalue weighted by Gasteiger charge is 2.20. The number of quaternary nitrogens is 1. The van der Waals surface area contributed by atoms with E-state index in [4.69, 9.17) is 0 Å². The van der Waals surface area contributed by atoms with Crippen LogP contribution in [0.5, 0.6) is 0 Å². The molecule has 0 fully saturated rings. The highest BCUT2D eigenvalue weighted by atomic mass is 32.2. The Hall–Kier alpha value is -0.910. The number of hydrogen-bond donors (Lipinski definition) is 0. The Balaban J connectivity index is 2.09. The van der Waals surface area contributed by atoms with Crippen molar-refractivity contribution in [1.29, 1.82) is 0 Å². The molecule has 5 heteroatoms. The van der Waals surface area contributed by atoms with E-state index in [1.54, 1.807) is 11.4 Å². The first-order valence-corrected chi connectivity index (χ1v) is 14.7. The molecule has 0 radical (unpaired) electrons. The molecular formula is C27H51N2O2S+. The highest BCUT2D eigenvalue weighted by molar-refractivity contribution is 7.89. The molecule has 0 aliphatic rings. The van der Waals surface area contributed by atoms with Gasteiger partial charge in [0.05, 0.1) is 26.4 Å². The minimum Gasteiger partial charge on any atom is -0.325 e. The average molecular weight is 468 g/mol. The van der Waals surface area contributed by atoms with Gasteiger partial charge < -0.3 is 4.48 Å². The van der Waals surface area contributed by atoms with Gasteiger partial charge in [-0.1, -0.05) is 108 Å². The molecule has 1 aromatic carbocycles. The summed E-state index contributed by atoms with van der Waals surface area (Å²) >= 11 is 0. The number of hydrogen-bond acceptors (Lipinski definition) is 2. The molecule has 0 bridgehead atoms. The van der Waals surface area contributed by atoms with Gasteiger partial charge >= 0.3 is 0 Å². The number of sulfonamides is 1. The Labute approximate surface area is 200 Å². The summed E-state index contributed by atoms with van der Waals surface area (Å²) in [5.74, 6) is 0.295. The van der Waals surface area contributed by atoms with E-state index in [0.29, 0.717) is 12.3 Å². The summed E-state index contributed by atoms with van der Waals surface area (Å²) in [5, 5.41) is 0. The first kappa shape index (κ1) is 29.1. The molecule has 0 aromatic heterocycles. The van der Waals surface area contributed by atoms with E-state index < -0.39 is 10.0 Å². The predicted molar refractivity (Wildman–Crippen MR) is 139 cm³/mol. The summed E-state index contributed by atoms with van der Waals surface area (Å²) in [6.45, 7) is 4.80. The van der Waals surface area contributed by atoms with Gasteiger partial charge in [0.25, 0.3) is 0 Å². The Bertz CT molecular complexity index is 674. The topological polar surface area (TPSA) is 37.4 Å². The molecular weight excluding hydrogens is 416 g/mol. The summed E-state index contributed by atoms with van der Waals surface area (Å²) in [6, 6.07) is 10.5. The van der Waals surface area contributed by atoms with Crippen LogP contribution in [0.15, 0.2) is 30.3 Å². The maximum absolute atomic E-state index is 12.6. The lowest BCUT2D eigenvalue weighted by atomic mass is 10.1. The maximum Gasteiger partial charge on any atom is 0.213 e. The van der Waals surface area contributed by atoms with Gasteiger partial charge in [-0.05, 0) is 6.42 Å². The van der Waals surface area contributed by atoms with Crippen molar-refractivity contribution in [2.45, 2.75) is 96.9 Å². The molecule has 0 aliphatic carbocycles. The maximum atomic E-state index is 12.6. The number of benzene rings is 1. The molecule has 1 aromatic rings. The Morgan fingerprint density at radius 1 is 0.750 bits per heavy atom. The minimum atomic E-state index is -3.12. The zero-order valence-corrected chi connectivity index (χ0v) is 22.3. The molecule has 0 amide bonds. The second-order valence-electron chi connectivity index (χ2n) is 10.2. The third kappa shape index (κ3) is 14.3. The SMILES string of the molecule is CCCCCCCCCCCCCCS(=O)(=O)N(C)CCC[N+](C)(C)Cc1ccccc1. The fourth-order valence-corrected chi connectivity index (χ4v) is 5.59. The van der Waals surface area contributed by atoms with Crippen molar-refractivity contribution in [3.63, 3.8) is 0 Å². The summed E-state index contributed by atoms with van der Waals surface area (Å²) < 4.78 is 27.6. The molecule has 0 heterocycles. The standard InChI is InChI=1S/C27H51N2O2S/c1-5-6-7-8-9-10-11-12-13-14-15-19-25-32(30,31)28(2)23-20-24-29(3,4)26-27-21-17-16-18-22-27/h16-18,21-22H,5-15,19-20,23-26H2,1-4H3/q+1. The monoisotopic (exact) mass is 467 g/mol. The zero-order chi connectivity index (χ0) is 23.7. The van der Waals surface area contributed by atoms with E-state index >= 15 is 0 Å². The second-order valence-corrected chi connectivity index (χ2v) is 12.4. The lowest BCUT2D eigenvalue weighted by molar-refractivity contribution is -0.903. The van der Waals surface area contributed by atoms with Crippen LogP contribution >= 0.6 is 0 Å². The van der Waals surface area contributed by atoms with Crippen LogP contribution in [-0.2, 0) is 16.6 Å². The fourth-order valence-electron chi connectivity index (χ4n) is 4.30. The third-order valence-electron chi connectivity index (χ3n) is 6.42. The predicted octanol–water partition coefficient (Wildman–Crippen LogP) is 6.62. The van der Waals surface area contributed by atoms with Crippen molar-refractivity contribution < 1.29 is 12.9 Å². The van der Waals surface area contributed by atoms with Gasteiger partial charge in [-0.15, -0.1) is 0 Å². The number of nitrogens with zero attached hydrogens (tertiary/aromatic N) is 2. The molecule has 0 atom stereocenters. The molecule has 0 N–H and O–H groups in total. The van der Waals surface area contributed by atoms with E-state index in [-0.39, 0.29) is 0 Å². The quantitative estimate of drug-likeness (QED) is 0.160. The Kier molecular flexibility index (Phi) is 15.2. The number of unbranched alkanes of at least 4 members (excludes halogenated alkanes) is 11. The van der Waals surface area contributed by atoms with E-state index in [2.05, 4.69) is 45.3 Å². The van der Waals surface area contributed by atoms with Crippen molar-refractivity contribution in [3.8, 4) is 0 Å². The van der Waals surface area contributed by atoms with Crippen LogP contribution in [0.3, 0.4) is 0 Å². The smallest absolute Gasteiger partial charge is 0.213 e. The van der Waals surface area contributed by atoms with E-state index in [9.17, 15) is 8.42 Å². The molecule has 0 saturated heterocycles. The van der Waals surface area contributed by atoms with Crippen LogP contribution in [0.25, 0.3) is 0 Å². The van der Waals surface area contributed by atoms with Gasteiger partial charge in [-0.3, -0.25) is 0 Å². The average Bonchev–Trinajstić information content (AvgIpc) is 2.74. The lowest BCUT2D eigenvalue weighted by Gasteiger charge is -2.30. The van der Waals surface area contributed by atoms with E-state index in [1.165, 1.54) is 69.8 Å². The van der Waals surface area contributed by atoms with Crippen LogP contribution < -0.4 is 0 Å². The number of rotatable bonds is 20. The Morgan fingerprint density at radius 3 is 1.78 bits per heavy atom. The first-order chi connectivity index (χ1) is 15.3. The largest absolute Gasteiger partial charge is 0.325 e. The van der Waals surface area contributed by atoms with Gasteiger partial charge in [0.15, 0.2) is 0 Å². The van der Waals surface area contributed by atoms with Crippen LogP contribution in [0.2, 0.25) is 0 Å². The molecule has 4 nitrogen and oxygen atoms in total. The molecule has 1 rings (SSSR count).